The van der Waals surface area contributed by atoms with Crippen molar-refractivity contribution in [3.8, 4) is 0 Å². The van der Waals surface area contributed by atoms with E-state index in [9.17, 15) is 19.2 Å². The van der Waals surface area contributed by atoms with Gasteiger partial charge in [-0.2, -0.15) is 0 Å². The largest absolute Gasteiger partial charge is 0.454 e. The van der Waals surface area contributed by atoms with E-state index in [1.54, 1.807) is 44.2 Å². The van der Waals surface area contributed by atoms with Crippen LogP contribution >= 0.6 is 0 Å². The van der Waals surface area contributed by atoms with Gasteiger partial charge < -0.3 is 15.4 Å². The molecule has 1 atom stereocenters. The molecule has 28 heavy (non-hydrogen) atoms. The van der Waals surface area contributed by atoms with Gasteiger partial charge in [0, 0.05) is 11.6 Å². The zero-order valence-electron chi connectivity index (χ0n) is 16.2. The van der Waals surface area contributed by atoms with Gasteiger partial charge in [0.15, 0.2) is 6.61 Å². The molecule has 0 spiro atoms. The molecular formula is C20H27N3O5. The average molecular weight is 389 g/mol. The van der Waals surface area contributed by atoms with Crippen molar-refractivity contribution in [2.75, 3.05) is 6.61 Å². The van der Waals surface area contributed by atoms with Crippen LogP contribution in [0.1, 0.15) is 49.9 Å². The molecule has 1 aromatic rings. The lowest BCUT2D eigenvalue weighted by molar-refractivity contribution is -0.151. The van der Waals surface area contributed by atoms with Crippen LogP contribution in [-0.4, -0.2) is 42.5 Å². The van der Waals surface area contributed by atoms with E-state index in [0.29, 0.717) is 5.56 Å². The standard InChI is InChI=1S/C20H27N3O5/c1-13(2)17(23-18(25)14-8-4-3-5-9-14)19(26)28-12-16(24)22-20(27)21-15-10-6-7-11-15/h3-5,8-9,13,15,17H,6-7,10-12H2,1-2H3,(H,23,25)(H2,21,22,24,27)/t17-/m0/s1. The Morgan fingerprint density at radius 1 is 1.07 bits per heavy atom. The highest BCUT2D eigenvalue weighted by atomic mass is 16.5. The first-order chi connectivity index (χ1) is 13.4. The molecule has 8 heteroatoms. The molecule has 0 radical (unpaired) electrons. The topological polar surface area (TPSA) is 114 Å². The van der Waals surface area contributed by atoms with Crippen LogP contribution in [0.5, 0.6) is 0 Å². The van der Waals surface area contributed by atoms with Crippen LogP contribution in [0.3, 0.4) is 0 Å². The predicted octanol–water partition coefficient (Wildman–Crippen LogP) is 1.75. The summed E-state index contributed by atoms with van der Waals surface area (Å²) >= 11 is 0. The Morgan fingerprint density at radius 2 is 1.71 bits per heavy atom. The molecule has 1 aliphatic carbocycles. The number of benzene rings is 1. The van der Waals surface area contributed by atoms with Crippen LogP contribution in [0.2, 0.25) is 0 Å². The van der Waals surface area contributed by atoms with Gasteiger partial charge >= 0.3 is 12.0 Å². The molecule has 1 aliphatic rings. The first-order valence-electron chi connectivity index (χ1n) is 9.49. The second kappa shape index (κ2) is 10.4. The molecule has 2 rings (SSSR count). The molecule has 1 saturated carbocycles. The summed E-state index contributed by atoms with van der Waals surface area (Å²) in [4.78, 5) is 48.2. The van der Waals surface area contributed by atoms with E-state index in [2.05, 4.69) is 16.0 Å². The third kappa shape index (κ3) is 6.68. The highest BCUT2D eigenvalue weighted by molar-refractivity contribution is 5.98. The number of rotatable bonds is 7. The Bertz CT molecular complexity index is 699. The van der Waals surface area contributed by atoms with Crippen LogP contribution in [0.15, 0.2) is 30.3 Å². The fourth-order valence-corrected chi connectivity index (χ4v) is 2.99. The third-order valence-electron chi connectivity index (χ3n) is 4.53. The number of imide groups is 1. The number of amides is 4. The number of urea groups is 1. The number of hydrogen-bond acceptors (Lipinski definition) is 5. The Balaban J connectivity index is 1.80. The average Bonchev–Trinajstić information content (AvgIpc) is 3.17. The maximum atomic E-state index is 12.3. The van der Waals surface area contributed by atoms with Gasteiger partial charge in [0.05, 0.1) is 0 Å². The quantitative estimate of drug-likeness (QED) is 0.615. The number of hydrogen-bond donors (Lipinski definition) is 3. The van der Waals surface area contributed by atoms with Crippen molar-refractivity contribution in [1.29, 1.82) is 0 Å². The van der Waals surface area contributed by atoms with Crippen molar-refractivity contribution in [1.82, 2.24) is 16.0 Å². The lowest BCUT2D eigenvalue weighted by Gasteiger charge is -2.20. The first kappa shape index (κ1) is 21.4. The van der Waals surface area contributed by atoms with Crippen molar-refractivity contribution in [3.05, 3.63) is 35.9 Å². The smallest absolute Gasteiger partial charge is 0.329 e. The summed E-state index contributed by atoms with van der Waals surface area (Å²) in [6.45, 7) is 2.92. The molecule has 3 N–H and O–H groups in total. The zero-order valence-corrected chi connectivity index (χ0v) is 16.2. The summed E-state index contributed by atoms with van der Waals surface area (Å²) in [6.07, 6.45) is 3.91. The highest BCUT2D eigenvalue weighted by Crippen LogP contribution is 2.17. The van der Waals surface area contributed by atoms with Gasteiger partial charge in [-0.1, -0.05) is 44.9 Å². The first-order valence-corrected chi connectivity index (χ1v) is 9.49. The van der Waals surface area contributed by atoms with E-state index in [4.69, 9.17) is 4.74 Å². The summed E-state index contributed by atoms with van der Waals surface area (Å²) in [6, 6.07) is 7.07. The summed E-state index contributed by atoms with van der Waals surface area (Å²) < 4.78 is 4.99. The van der Waals surface area contributed by atoms with Gasteiger partial charge in [0.25, 0.3) is 11.8 Å². The molecule has 152 valence electrons. The van der Waals surface area contributed by atoms with Crippen LogP contribution in [0.25, 0.3) is 0 Å². The Labute approximate surface area is 164 Å². The minimum absolute atomic E-state index is 0.0777. The van der Waals surface area contributed by atoms with E-state index in [0.717, 1.165) is 25.7 Å². The Morgan fingerprint density at radius 3 is 2.32 bits per heavy atom. The maximum absolute atomic E-state index is 12.3. The Hall–Kier alpha value is -2.90. The summed E-state index contributed by atoms with van der Waals surface area (Å²) in [5.41, 5.74) is 0.419. The van der Waals surface area contributed by atoms with Gasteiger partial charge in [-0.25, -0.2) is 9.59 Å². The number of esters is 1. The zero-order chi connectivity index (χ0) is 20.5. The number of ether oxygens (including phenoxy) is 1. The second-order valence-electron chi connectivity index (χ2n) is 7.17. The molecule has 0 bridgehead atoms. The van der Waals surface area contributed by atoms with Gasteiger partial charge in [-0.05, 0) is 30.9 Å². The van der Waals surface area contributed by atoms with Crippen molar-refractivity contribution < 1.29 is 23.9 Å². The second-order valence-corrected chi connectivity index (χ2v) is 7.17. The summed E-state index contributed by atoms with van der Waals surface area (Å²) in [5.74, 6) is -2.10. The molecule has 8 nitrogen and oxygen atoms in total. The molecule has 1 aromatic carbocycles. The van der Waals surface area contributed by atoms with Gasteiger partial charge in [0.2, 0.25) is 0 Å². The number of carbonyl (C=O) groups is 4. The fourth-order valence-electron chi connectivity index (χ4n) is 2.99. The van der Waals surface area contributed by atoms with Crippen LogP contribution < -0.4 is 16.0 Å². The summed E-state index contributed by atoms with van der Waals surface area (Å²) in [5, 5.41) is 7.48. The van der Waals surface area contributed by atoms with E-state index >= 15 is 0 Å². The van der Waals surface area contributed by atoms with Crippen molar-refractivity contribution in [2.45, 2.75) is 51.6 Å². The van der Waals surface area contributed by atoms with Crippen molar-refractivity contribution in [2.24, 2.45) is 5.92 Å². The maximum Gasteiger partial charge on any atom is 0.329 e. The predicted molar refractivity (Wildman–Crippen MR) is 102 cm³/mol. The SMILES string of the molecule is CC(C)[C@H](NC(=O)c1ccccc1)C(=O)OCC(=O)NC(=O)NC1CCCC1. The van der Waals surface area contributed by atoms with Crippen LogP contribution in [-0.2, 0) is 14.3 Å². The lowest BCUT2D eigenvalue weighted by Crippen LogP contribution is -2.47. The van der Waals surface area contributed by atoms with E-state index in [-0.39, 0.29) is 12.0 Å². The third-order valence-corrected chi connectivity index (χ3v) is 4.53. The van der Waals surface area contributed by atoms with Crippen LogP contribution in [0, 0.1) is 5.92 Å². The monoisotopic (exact) mass is 389 g/mol. The van der Waals surface area contributed by atoms with Gasteiger partial charge in [-0.15, -0.1) is 0 Å². The van der Waals surface area contributed by atoms with Crippen molar-refractivity contribution >= 4 is 23.8 Å². The van der Waals surface area contributed by atoms with E-state index in [1.807, 2.05) is 0 Å². The van der Waals surface area contributed by atoms with Crippen molar-refractivity contribution in [3.63, 3.8) is 0 Å². The van der Waals surface area contributed by atoms with Crippen LogP contribution in [0.4, 0.5) is 4.79 Å². The summed E-state index contributed by atoms with van der Waals surface area (Å²) in [7, 11) is 0. The molecular weight excluding hydrogens is 362 g/mol. The Kier molecular flexibility index (Phi) is 7.98. The lowest BCUT2D eigenvalue weighted by atomic mass is 10.0. The molecule has 4 amide bonds. The fraction of sp³-hybridized carbons (Fsp3) is 0.500. The molecule has 0 aliphatic heterocycles. The van der Waals surface area contributed by atoms with E-state index < -0.39 is 36.5 Å². The number of carbonyl (C=O) groups excluding carboxylic acids is 4. The molecule has 1 fully saturated rings. The molecule has 0 unspecified atom stereocenters. The highest BCUT2D eigenvalue weighted by Gasteiger charge is 2.27. The van der Waals surface area contributed by atoms with Gasteiger partial charge in [-0.3, -0.25) is 14.9 Å². The molecule has 0 saturated heterocycles. The number of nitrogens with one attached hydrogen (secondary N) is 3. The van der Waals surface area contributed by atoms with E-state index in [1.165, 1.54) is 0 Å². The van der Waals surface area contributed by atoms with Gasteiger partial charge in [0.1, 0.15) is 6.04 Å². The molecule has 0 heterocycles. The minimum Gasteiger partial charge on any atom is -0.454 e. The molecule has 0 aromatic heterocycles. The normalized spacial score (nSPS) is 15.0. The minimum atomic E-state index is -0.909.